The Morgan fingerprint density at radius 2 is 2.23 bits per heavy atom. The predicted molar refractivity (Wildman–Crippen MR) is 89.7 cm³/mol. The number of terminal acetylenes is 1. The molecule has 3 rings (SSSR count). The molecule has 1 aromatic rings. The first-order chi connectivity index (χ1) is 10.7. The minimum atomic E-state index is -0.329. The van der Waals surface area contributed by atoms with E-state index in [1.165, 1.54) is 5.56 Å². The molecule has 1 fully saturated rings. The zero-order valence-corrected chi connectivity index (χ0v) is 13.6. The van der Waals surface area contributed by atoms with E-state index in [9.17, 15) is 4.79 Å². The van der Waals surface area contributed by atoms with Gasteiger partial charge in [-0.15, -0.1) is 6.42 Å². The molecule has 0 spiro atoms. The Bertz CT molecular complexity index is 587. The largest absolute Gasteiger partial charge is 0.367 e. The number of carbonyl (C=O) groups is 1. The molecule has 1 saturated heterocycles. The number of thioether (sulfide) groups is 1. The fourth-order valence-corrected chi connectivity index (χ4v) is 3.86. The molecule has 4 heteroatoms. The zero-order chi connectivity index (χ0) is 15.5. The number of hydrogen-bond acceptors (Lipinski definition) is 3. The summed E-state index contributed by atoms with van der Waals surface area (Å²) >= 11 is 1.81. The van der Waals surface area contributed by atoms with Crippen molar-refractivity contribution < 1.29 is 9.53 Å². The van der Waals surface area contributed by atoms with Crippen LogP contribution < -0.4 is 0 Å². The fraction of sp³-hybridized carbons (Fsp3) is 0.500. The minimum Gasteiger partial charge on any atom is -0.367 e. The summed E-state index contributed by atoms with van der Waals surface area (Å²) in [5.41, 5.74) is 2.34. The number of carbonyl (C=O) groups excluding carboxylic acids is 1. The highest BCUT2D eigenvalue weighted by Gasteiger charge is 2.35. The first-order valence-electron chi connectivity index (χ1n) is 7.73. The highest BCUT2D eigenvalue weighted by Crippen LogP contribution is 2.31. The van der Waals surface area contributed by atoms with Crippen LogP contribution in [-0.4, -0.2) is 41.6 Å². The van der Waals surface area contributed by atoms with Gasteiger partial charge >= 0.3 is 0 Å². The molecule has 0 bridgehead atoms. The second kappa shape index (κ2) is 6.76. The number of hydrogen-bond donors (Lipinski definition) is 0. The van der Waals surface area contributed by atoms with Crippen LogP contribution in [0, 0.1) is 12.3 Å². The van der Waals surface area contributed by atoms with E-state index < -0.39 is 0 Å². The maximum atomic E-state index is 12.8. The van der Waals surface area contributed by atoms with Gasteiger partial charge in [-0.2, -0.15) is 11.8 Å². The van der Waals surface area contributed by atoms with Crippen LogP contribution in [0.2, 0.25) is 0 Å². The lowest BCUT2D eigenvalue weighted by Crippen LogP contribution is -2.47. The second-order valence-electron chi connectivity index (χ2n) is 5.81. The molecule has 0 aliphatic carbocycles. The summed E-state index contributed by atoms with van der Waals surface area (Å²) in [5, 5.41) is 0.509. The fourth-order valence-electron chi connectivity index (χ4n) is 3.28. The van der Waals surface area contributed by atoms with Gasteiger partial charge in [-0.25, -0.2) is 0 Å². The standard InChI is InChI=1S/C18H21NO2S/c1-3-16-15-7-5-4-6-13(15)10-11-19(16)18(20)17-9-8-14(22-2)12-21-17/h1,4-7,14,16-17H,8-12H2,2H3/t14-,16+,17-/m1/s1. The van der Waals surface area contributed by atoms with Crippen molar-refractivity contribution in [1.29, 1.82) is 0 Å². The number of nitrogens with zero attached hydrogens (tertiary/aromatic N) is 1. The molecule has 2 aliphatic heterocycles. The van der Waals surface area contributed by atoms with Crippen molar-refractivity contribution in [3.63, 3.8) is 0 Å². The summed E-state index contributed by atoms with van der Waals surface area (Å²) < 4.78 is 5.80. The van der Waals surface area contributed by atoms with Crippen LogP contribution in [0.5, 0.6) is 0 Å². The van der Waals surface area contributed by atoms with Crippen LogP contribution in [0.1, 0.15) is 30.0 Å². The highest BCUT2D eigenvalue weighted by atomic mass is 32.2. The van der Waals surface area contributed by atoms with Gasteiger partial charge in [0, 0.05) is 11.8 Å². The van der Waals surface area contributed by atoms with Crippen LogP contribution in [0.3, 0.4) is 0 Å². The topological polar surface area (TPSA) is 29.5 Å². The van der Waals surface area contributed by atoms with Crippen molar-refractivity contribution in [1.82, 2.24) is 4.90 Å². The summed E-state index contributed by atoms with van der Waals surface area (Å²) in [6.07, 6.45) is 10.2. The Kier molecular flexibility index (Phi) is 4.75. The lowest BCUT2D eigenvalue weighted by atomic mass is 9.92. The van der Waals surface area contributed by atoms with Gasteiger partial charge in [0.2, 0.25) is 0 Å². The third kappa shape index (κ3) is 2.88. The van der Waals surface area contributed by atoms with Crippen molar-refractivity contribution >= 4 is 17.7 Å². The lowest BCUT2D eigenvalue weighted by Gasteiger charge is -2.38. The molecule has 0 radical (unpaired) electrons. The first-order valence-corrected chi connectivity index (χ1v) is 9.02. The van der Waals surface area contributed by atoms with Gasteiger partial charge in [0.1, 0.15) is 12.1 Å². The number of amides is 1. The second-order valence-corrected chi connectivity index (χ2v) is 6.94. The van der Waals surface area contributed by atoms with Gasteiger partial charge in [-0.3, -0.25) is 4.79 Å². The van der Waals surface area contributed by atoms with Crippen molar-refractivity contribution in [2.45, 2.75) is 36.7 Å². The molecule has 2 aliphatic rings. The van der Waals surface area contributed by atoms with Gasteiger partial charge in [0.25, 0.3) is 5.91 Å². The average Bonchev–Trinajstić information content (AvgIpc) is 2.60. The third-order valence-corrected chi connectivity index (χ3v) is 5.61. The summed E-state index contributed by atoms with van der Waals surface area (Å²) in [6.45, 7) is 1.33. The van der Waals surface area contributed by atoms with Crippen molar-refractivity contribution in [3.8, 4) is 12.3 Å². The summed E-state index contributed by atoms with van der Waals surface area (Å²) in [6, 6.07) is 7.87. The molecule has 2 heterocycles. The van der Waals surface area contributed by atoms with E-state index >= 15 is 0 Å². The van der Waals surface area contributed by atoms with Crippen LogP contribution >= 0.6 is 11.8 Å². The van der Waals surface area contributed by atoms with Gasteiger partial charge in [0.05, 0.1) is 6.61 Å². The van der Waals surface area contributed by atoms with E-state index in [0.717, 1.165) is 24.8 Å². The quantitative estimate of drug-likeness (QED) is 0.786. The Morgan fingerprint density at radius 3 is 2.91 bits per heavy atom. The Morgan fingerprint density at radius 1 is 1.41 bits per heavy atom. The summed E-state index contributed by atoms with van der Waals surface area (Å²) in [7, 11) is 0. The van der Waals surface area contributed by atoms with Crippen molar-refractivity contribution in [2.75, 3.05) is 19.4 Å². The lowest BCUT2D eigenvalue weighted by molar-refractivity contribution is -0.148. The molecule has 3 nitrogen and oxygen atoms in total. The number of rotatable bonds is 2. The molecule has 116 valence electrons. The van der Waals surface area contributed by atoms with Crippen LogP contribution in [-0.2, 0) is 16.0 Å². The van der Waals surface area contributed by atoms with E-state index in [2.05, 4.69) is 18.2 Å². The number of benzene rings is 1. The maximum Gasteiger partial charge on any atom is 0.252 e. The molecule has 0 unspecified atom stereocenters. The normalized spacial score (nSPS) is 27.8. The Labute approximate surface area is 136 Å². The van der Waals surface area contributed by atoms with E-state index in [4.69, 9.17) is 11.2 Å². The maximum absolute atomic E-state index is 12.8. The van der Waals surface area contributed by atoms with Crippen molar-refractivity contribution in [3.05, 3.63) is 35.4 Å². The first kappa shape index (κ1) is 15.5. The number of ether oxygens (including phenoxy) is 1. The smallest absolute Gasteiger partial charge is 0.252 e. The van der Waals surface area contributed by atoms with Gasteiger partial charge in [0.15, 0.2) is 0 Å². The molecule has 0 saturated carbocycles. The average molecular weight is 315 g/mol. The van der Waals surface area contributed by atoms with Crippen LogP contribution in [0.4, 0.5) is 0 Å². The molecule has 0 aromatic heterocycles. The molecule has 0 N–H and O–H groups in total. The van der Waals surface area contributed by atoms with E-state index in [-0.39, 0.29) is 18.1 Å². The minimum absolute atomic E-state index is 0.0528. The van der Waals surface area contributed by atoms with Gasteiger partial charge in [-0.05, 0) is 36.6 Å². The highest BCUT2D eigenvalue weighted by molar-refractivity contribution is 7.99. The molecule has 1 aromatic carbocycles. The number of fused-ring (bicyclic) bond motifs is 1. The van der Waals surface area contributed by atoms with Crippen LogP contribution in [0.25, 0.3) is 0 Å². The molecule has 1 amide bonds. The van der Waals surface area contributed by atoms with Crippen molar-refractivity contribution in [2.24, 2.45) is 0 Å². The summed E-state index contributed by atoms with van der Waals surface area (Å²) in [4.78, 5) is 14.7. The SMILES string of the molecule is C#C[C@H]1c2ccccc2CCN1C(=O)[C@H]1CC[C@@H](SC)CO1. The Balaban J connectivity index is 1.75. The van der Waals surface area contributed by atoms with E-state index in [0.29, 0.717) is 18.4 Å². The monoisotopic (exact) mass is 315 g/mol. The van der Waals surface area contributed by atoms with Crippen LogP contribution in [0.15, 0.2) is 24.3 Å². The van der Waals surface area contributed by atoms with Gasteiger partial charge in [-0.1, -0.05) is 30.2 Å². The van der Waals surface area contributed by atoms with E-state index in [1.807, 2.05) is 34.9 Å². The molecule has 22 heavy (non-hydrogen) atoms. The van der Waals surface area contributed by atoms with E-state index in [1.54, 1.807) is 0 Å². The van der Waals surface area contributed by atoms with Gasteiger partial charge < -0.3 is 9.64 Å². The Hall–Kier alpha value is -1.44. The molecule has 3 atom stereocenters. The third-order valence-electron chi connectivity index (χ3n) is 4.57. The molecular formula is C18H21NO2S. The predicted octanol–water partition coefficient (Wildman–Crippen LogP) is 2.66. The summed E-state index contributed by atoms with van der Waals surface area (Å²) in [5.74, 6) is 2.85. The molecular weight excluding hydrogens is 294 g/mol. The zero-order valence-electron chi connectivity index (χ0n) is 12.8.